The van der Waals surface area contributed by atoms with Gasteiger partial charge < -0.3 is 24.2 Å². The summed E-state index contributed by atoms with van der Waals surface area (Å²) in [7, 11) is 1.55. The number of benzene rings is 1. The van der Waals surface area contributed by atoms with Crippen molar-refractivity contribution in [3.63, 3.8) is 0 Å². The van der Waals surface area contributed by atoms with E-state index in [1.54, 1.807) is 12.0 Å². The maximum absolute atomic E-state index is 13.9. The van der Waals surface area contributed by atoms with Crippen molar-refractivity contribution >= 4 is 30.6 Å². The predicted molar refractivity (Wildman–Crippen MR) is 149 cm³/mol. The van der Waals surface area contributed by atoms with Crippen molar-refractivity contribution in [3.8, 4) is 0 Å². The Bertz CT molecular complexity index is 988. The number of rotatable bonds is 13. The summed E-state index contributed by atoms with van der Waals surface area (Å²) < 4.78 is 5.14. The molecule has 9 heteroatoms. The van der Waals surface area contributed by atoms with Gasteiger partial charge in [-0.05, 0) is 24.8 Å². The first-order chi connectivity index (χ1) is 19.1. The molecule has 1 aromatic rings. The average Bonchev–Trinajstić information content (AvgIpc) is 2.99. The number of aldehydes is 1. The minimum absolute atomic E-state index is 0.111. The van der Waals surface area contributed by atoms with Gasteiger partial charge in [-0.3, -0.25) is 19.3 Å². The maximum atomic E-state index is 13.9. The molecule has 1 aromatic carbocycles. The fourth-order valence-corrected chi connectivity index (χ4v) is 6.21. The molecule has 0 spiro atoms. The summed E-state index contributed by atoms with van der Waals surface area (Å²) in [4.78, 5) is 58.2. The Hall–Kier alpha value is -3.04. The van der Waals surface area contributed by atoms with Gasteiger partial charge in [-0.25, -0.2) is 0 Å². The number of carbonyl (C=O) groups is 4. The number of carbonyl (C=O) groups excluding carboxylic acids is 4. The first kappa shape index (κ1) is 29.0. The Labute approximate surface area is 231 Å². The van der Waals surface area contributed by atoms with Crippen molar-refractivity contribution in [2.45, 2.75) is 69.1 Å². The average molecular weight is 539 g/mol. The fraction of sp³-hybridized carbons (Fsp3) is 0.600. The molecule has 2 aliphatic heterocycles. The van der Waals surface area contributed by atoms with Gasteiger partial charge in [0.25, 0.3) is 0 Å². The summed E-state index contributed by atoms with van der Waals surface area (Å²) in [6, 6.07) is 8.37. The van der Waals surface area contributed by atoms with Crippen LogP contribution in [0, 0.1) is 0 Å². The normalized spacial score (nSPS) is 23.5. The van der Waals surface area contributed by atoms with Gasteiger partial charge in [0.05, 0.1) is 12.6 Å². The van der Waals surface area contributed by atoms with Crippen molar-refractivity contribution in [1.82, 2.24) is 19.6 Å². The van der Waals surface area contributed by atoms with E-state index in [1.165, 1.54) is 37.0 Å². The first-order valence-electron chi connectivity index (χ1n) is 14.3. The number of likely N-dealkylation sites (tertiary alicyclic amines) is 1. The van der Waals surface area contributed by atoms with Crippen LogP contribution in [-0.4, -0.2) is 115 Å². The van der Waals surface area contributed by atoms with Crippen LogP contribution in [-0.2, 0) is 23.9 Å². The van der Waals surface area contributed by atoms with E-state index >= 15 is 0 Å². The van der Waals surface area contributed by atoms with Gasteiger partial charge in [0.2, 0.25) is 18.2 Å². The Morgan fingerprint density at radius 3 is 2.44 bits per heavy atom. The molecule has 2 heterocycles. The van der Waals surface area contributed by atoms with Crippen LogP contribution in [0.1, 0.15) is 50.5 Å². The minimum atomic E-state index is -0.749. The van der Waals surface area contributed by atoms with Gasteiger partial charge in [-0.15, -0.1) is 0 Å². The summed E-state index contributed by atoms with van der Waals surface area (Å²) in [6.07, 6.45) is 12.0. The van der Waals surface area contributed by atoms with Gasteiger partial charge >= 0.3 is 0 Å². The molecule has 2 unspecified atom stereocenters. The smallest absolute Gasteiger partial charge is 0.249 e. The number of β-lactam (4-membered cyclic amide) rings is 1. The Morgan fingerprint density at radius 1 is 1.08 bits per heavy atom. The van der Waals surface area contributed by atoms with Gasteiger partial charge in [-0.2, -0.15) is 0 Å². The Kier molecular flexibility index (Phi) is 10.7. The Morgan fingerprint density at radius 2 is 1.79 bits per heavy atom. The lowest BCUT2D eigenvalue weighted by atomic mass is 9.88. The van der Waals surface area contributed by atoms with Gasteiger partial charge in [-0.1, -0.05) is 61.7 Å². The third-order valence-corrected chi connectivity index (χ3v) is 8.38. The van der Waals surface area contributed by atoms with Crippen molar-refractivity contribution in [3.05, 3.63) is 42.0 Å². The van der Waals surface area contributed by atoms with Crippen molar-refractivity contribution in [1.29, 1.82) is 0 Å². The molecule has 1 saturated carbocycles. The molecule has 2 saturated heterocycles. The topological polar surface area (TPSA) is 90.5 Å². The third-order valence-electron chi connectivity index (χ3n) is 8.38. The van der Waals surface area contributed by atoms with E-state index < -0.39 is 18.1 Å². The zero-order valence-electron chi connectivity index (χ0n) is 23.0. The Balaban J connectivity index is 1.52. The van der Waals surface area contributed by atoms with E-state index in [2.05, 4.69) is 4.90 Å². The van der Waals surface area contributed by atoms with Crippen LogP contribution < -0.4 is 0 Å². The minimum Gasteiger partial charge on any atom is -0.383 e. The van der Waals surface area contributed by atoms with Gasteiger partial charge in [0, 0.05) is 52.3 Å². The van der Waals surface area contributed by atoms with Gasteiger partial charge in [0.15, 0.2) is 0 Å². The quantitative estimate of drug-likeness (QED) is 0.283. The van der Waals surface area contributed by atoms with Crippen LogP contribution in [0.25, 0.3) is 6.08 Å². The highest BCUT2D eigenvalue weighted by Crippen LogP contribution is 2.32. The van der Waals surface area contributed by atoms with Crippen molar-refractivity contribution in [2.75, 3.05) is 46.4 Å². The lowest BCUT2D eigenvalue weighted by Gasteiger charge is -2.53. The number of methoxy groups -OCH3 is 1. The number of hydrogen-bond acceptors (Lipinski definition) is 6. The van der Waals surface area contributed by atoms with Crippen LogP contribution >= 0.6 is 0 Å². The van der Waals surface area contributed by atoms with Crippen LogP contribution in [0.4, 0.5) is 0 Å². The third kappa shape index (κ3) is 6.94. The van der Waals surface area contributed by atoms with Crippen LogP contribution in [0.15, 0.2) is 36.4 Å². The highest BCUT2D eigenvalue weighted by Gasteiger charge is 2.53. The van der Waals surface area contributed by atoms with Crippen LogP contribution in [0.3, 0.4) is 0 Å². The number of nitrogens with zero attached hydrogens (tertiary/aromatic N) is 4. The van der Waals surface area contributed by atoms with Crippen LogP contribution in [0.2, 0.25) is 0 Å². The molecule has 39 heavy (non-hydrogen) atoms. The zero-order valence-corrected chi connectivity index (χ0v) is 23.0. The van der Waals surface area contributed by atoms with E-state index in [0.717, 1.165) is 24.9 Å². The van der Waals surface area contributed by atoms with E-state index in [9.17, 15) is 19.2 Å². The predicted octanol–water partition coefficient (Wildman–Crippen LogP) is 2.21. The first-order valence-corrected chi connectivity index (χ1v) is 14.3. The molecule has 0 radical (unpaired) electrons. The second kappa shape index (κ2) is 14.4. The summed E-state index contributed by atoms with van der Waals surface area (Å²) in [5, 5.41) is 0. The zero-order chi connectivity index (χ0) is 27.6. The fourth-order valence-electron chi connectivity index (χ4n) is 6.21. The molecule has 3 atom stereocenters. The van der Waals surface area contributed by atoms with Crippen LogP contribution in [0.5, 0.6) is 0 Å². The van der Waals surface area contributed by atoms with E-state index in [0.29, 0.717) is 32.1 Å². The molecule has 4 rings (SSSR count). The molecule has 3 fully saturated rings. The lowest BCUT2D eigenvalue weighted by Crippen LogP contribution is -2.74. The largest absolute Gasteiger partial charge is 0.383 e. The van der Waals surface area contributed by atoms with Crippen molar-refractivity contribution in [2.24, 2.45) is 0 Å². The molecule has 212 valence electrons. The summed E-state index contributed by atoms with van der Waals surface area (Å²) >= 11 is 0. The molecule has 9 nitrogen and oxygen atoms in total. The molecule has 3 aliphatic rings. The molecule has 3 amide bonds. The molecular weight excluding hydrogens is 496 g/mol. The molecule has 0 N–H and O–H groups in total. The number of amides is 3. The van der Waals surface area contributed by atoms with Crippen molar-refractivity contribution < 1.29 is 23.9 Å². The van der Waals surface area contributed by atoms with Gasteiger partial charge in [0.1, 0.15) is 18.4 Å². The lowest BCUT2D eigenvalue weighted by molar-refractivity contribution is -0.169. The molecule has 1 aliphatic carbocycles. The maximum Gasteiger partial charge on any atom is 0.249 e. The summed E-state index contributed by atoms with van der Waals surface area (Å²) in [5.41, 5.74) is 0.958. The van der Waals surface area contributed by atoms with E-state index in [-0.39, 0.29) is 31.2 Å². The molecule has 0 aromatic heterocycles. The number of ether oxygens (including phenoxy) is 1. The van der Waals surface area contributed by atoms with E-state index in [1.807, 2.05) is 47.4 Å². The highest BCUT2D eigenvalue weighted by atomic mass is 16.5. The standard InChI is InChI=1S/C30H42N4O5/c1-39-22-20-33(23-36)28-26(15-14-24-9-4-2-5-10-24)34(30(28)38)27(13-8-21-35)29(37)32-18-16-31(17-19-32)25-11-6-3-7-12-25/h2,4-5,9-10,14-15,21,23,25-28H,3,6-8,11-13,16-20,22H2,1H3/b15-14+/t26?,27-,28?/m0/s1. The highest BCUT2D eigenvalue weighted by molar-refractivity contribution is 5.97. The molecular formula is C30H42N4O5. The SMILES string of the molecule is COCCN(C=O)C1C(=O)N([C@@H](CCC=O)C(=O)N2CCN(C3CCCCC3)CC2)C1/C=C/c1ccccc1. The second-order valence-corrected chi connectivity index (χ2v) is 10.7. The summed E-state index contributed by atoms with van der Waals surface area (Å²) in [5.74, 6) is -0.384. The molecule has 0 bridgehead atoms. The number of piperazine rings is 1. The van der Waals surface area contributed by atoms with E-state index in [4.69, 9.17) is 4.74 Å². The second-order valence-electron chi connectivity index (χ2n) is 10.7. The monoisotopic (exact) mass is 538 g/mol. The summed E-state index contributed by atoms with van der Waals surface area (Å²) in [6.45, 7) is 3.49. The number of hydrogen-bond donors (Lipinski definition) is 0.